The highest BCUT2D eigenvalue weighted by atomic mass is 32.2. The summed E-state index contributed by atoms with van der Waals surface area (Å²) in [5, 5.41) is 9.62. The van der Waals surface area contributed by atoms with Crippen molar-refractivity contribution < 1.29 is 14.2 Å². The molecule has 1 atom stereocenters. The molecule has 96 valence electrons. The number of hydrogen-bond acceptors (Lipinski definition) is 4. The van der Waals surface area contributed by atoms with Gasteiger partial charge in [0.05, 0.1) is 24.5 Å². The lowest BCUT2D eigenvalue weighted by molar-refractivity contribution is 0.0152. The van der Waals surface area contributed by atoms with Crippen molar-refractivity contribution in [3.63, 3.8) is 0 Å². The Morgan fingerprint density at radius 3 is 2.76 bits per heavy atom. The van der Waals surface area contributed by atoms with E-state index < -0.39 is 11.9 Å². The van der Waals surface area contributed by atoms with E-state index in [0.717, 1.165) is 4.90 Å². The van der Waals surface area contributed by atoms with Gasteiger partial charge in [0.1, 0.15) is 5.82 Å². The molecule has 0 amide bonds. The number of thioether (sulfide) groups is 1. The van der Waals surface area contributed by atoms with Gasteiger partial charge in [-0.15, -0.1) is 11.8 Å². The Hall–Kier alpha value is -0.780. The van der Waals surface area contributed by atoms with Crippen LogP contribution in [0.15, 0.2) is 23.1 Å². The van der Waals surface area contributed by atoms with Gasteiger partial charge in [0.2, 0.25) is 0 Å². The van der Waals surface area contributed by atoms with Crippen LogP contribution in [0.4, 0.5) is 10.1 Å². The van der Waals surface area contributed by atoms with Crippen LogP contribution in [0.2, 0.25) is 0 Å². The highest BCUT2D eigenvalue weighted by Crippen LogP contribution is 2.22. The zero-order valence-corrected chi connectivity index (χ0v) is 10.8. The van der Waals surface area contributed by atoms with Crippen LogP contribution in [-0.2, 0) is 4.74 Å². The number of benzene rings is 1. The minimum atomic E-state index is -0.553. The Balaban J connectivity index is 2.36. The molecule has 0 bridgehead atoms. The van der Waals surface area contributed by atoms with Crippen LogP contribution >= 0.6 is 11.8 Å². The van der Waals surface area contributed by atoms with Crippen LogP contribution in [0.25, 0.3) is 0 Å². The summed E-state index contributed by atoms with van der Waals surface area (Å²) >= 11 is 1.38. The molecule has 0 aromatic heterocycles. The lowest BCUT2D eigenvalue weighted by atomic mass is 10.3. The van der Waals surface area contributed by atoms with Gasteiger partial charge in [-0.3, -0.25) is 0 Å². The second kappa shape index (κ2) is 6.83. The van der Waals surface area contributed by atoms with E-state index in [4.69, 9.17) is 10.5 Å². The number of ether oxygens (including phenoxy) is 1. The molecule has 17 heavy (non-hydrogen) atoms. The van der Waals surface area contributed by atoms with Crippen molar-refractivity contribution in [2.75, 3.05) is 18.1 Å². The van der Waals surface area contributed by atoms with Gasteiger partial charge in [-0.05, 0) is 32.0 Å². The molecule has 0 aliphatic heterocycles. The summed E-state index contributed by atoms with van der Waals surface area (Å²) in [6.07, 6.45) is -0.452. The van der Waals surface area contributed by atoms with Crippen molar-refractivity contribution in [3.8, 4) is 0 Å². The molecule has 0 fully saturated rings. The summed E-state index contributed by atoms with van der Waals surface area (Å²) in [4.78, 5) is 0.750. The molecular weight excluding hydrogens is 241 g/mol. The molecule has 1 unspecified atom stereocenters. The summed E-state index contributed by atoms with van der Waals surface area (Å²) < 4.78 is 18.4. The molecule has 0 spiro atoms. The van der Waals surface area contributed by atoms with Gasteiger partial charge < -0.3 is 15.6 Å². The fourth-order valence-electron chi connectivity index (χ4n) is 1.14. The van der Waals surface area contributed by atoms with Crippen molar-refractivity contribution in [3.05, 3.63) is 24.0 Å². The average molecular weight is 259 g/mol. The number of nitrogen functional groups attached to an aromatic ring is 1. The summed E-state index contributed by atoms with van der Waals surface area (Å²) in [7, 11) is 0. The van der Waals surface area contributed by atoms with Crippen LogP contribution in [0.5, 0.6) is 0 Å². The van der Waals surface area contributed by atoms with Crippen molar-refractivity contribution >= 4 is 17.4 Å². The molecular formula is C12H18FNO2S. The van der Waals surface area contributed by atoms with Crippen LogP contribution in [0.3, 0.4) is 0 Å². The molecule has 0 radical (unpaired) electrons. The van der Waals surface area contributed by atoms with E-state index in [1.54, 1.807) is 6.07 Å². The monoisotopic (exact) mass is 259 g/mol. The van der Waals surface area contributed by atoms with E-state index in [2.05, 4.69) is 0 Å². The normalized spacial score (nSPS) is 13.0. The third-order valence-electron chi connectivity index (χ3n) is 2.04. The second-order valence-corrected chi connectivity index (χ2v) is 5.12. The van der Waals surface area contributed by atoms with Crippen LogP contribution in [0, 0.1) is 5.82 Å². The topological polar surface area (TPSA) is 55.5 Å². The van der Waals surface area contributed by atoms with E-state index in [1.165, 1.54) is 23.9 Å². The first kappa shape index (κ1) is 14.3. The minimum Gasteiger partial charge on any atom is -0.396 e. The molecule has 0 saturated carbocycles. The summed E-state index contributed by atoms with van der Waals surface area (Å²) in [5.41, 5.74) is 5.51. The van der Waals surface area contributed by atoms with E-state index in [1.807, 2.05) is 13.8 Å². The number of halogens is 1. The first-order valence-corrected chi connectivity index (χ1v) is 6.45. The number of aliphatic hydroxyl groups excluding tert-OH is 1. The molecule has 0 heterocycles. The molecule has 1 aromatic carbocycles. The Bertz CT molecular complexity index is 360. The number of aliphatic hydroxyl groups is 1. The predicted molar refractivity (Wildman–Crippen MR) is 68.6 cm³/mol. The summed E-state index contributed by atoms with van der Waals surface area (Å²) in [6.45, 7) is 4.12. The maximum Gasteiger partial charge on any atom is 0.147 e. The maximum absolute atomic E-state index is 13.1. The molecule has 0 aliphatic rings. The van der Waals surface area contributed by atoms with Crippen molar-refractivity contribution in [1.29, 1.82) is 0 Å². The third kappa shape index (κ3) is 5.39. The zero-order chi connectivity index (χ0) is 12.8. The maximum atomic E-state index is 13.1. The van der Waals surface area contributed by atoms with Gasteiger partial charge >= 0.3 is 0 Å². The fraction of sp³-hybridized carbons (Fsp3) is 0.500. The Morgan fingerprint density at radius 2 is 2.18 bits per heavy atom. The Kier molecular flexibility index (Phi) is 5.74. The first-order valence-electron chi connectivity index (χ1n) is 5.46. The van der Waals surface area contributed by atoms with Gasteiger partial charge in [-0.1, -0.05) is 0 Å². The van der Waals surface area contributed by atoms with E-state index in [9.17, 15) is 9.50 Å². The lowest BCUT2D eigenvalue weighted by Gasteiger charge is -2.13. The highest BCUT2D eigenvalue weighted by molar-refractivity contribution is 7.99. The first-order chi connectivity index (χ1) is 7.99. The number of anilines is 1. The molecule has 0 saturated heterocycles. The second-order valence-electron chi connectivity index (χ2n) is 4.03. The van der Waals surface area contributed by atoms with Gasteiger partial charge in [-0.25, -0.2) is 4.39 Å². The molecule has 3 N–H and O–H groups in total. The Morgan fingerprint density at radius 1 is 1.47 bits per heavy atom. The smallest absolute Gasteiger partial charge is 0.147 e. The summed E-state index contributed by atoms with van der Waals surface area (Å²) in [5.74, 6) is 0.0405. The summed E-state index contributed by atoms with van der Waals surface area (Å²) in [6, 6.07) is 4.63. The molecule has 0 aliphatic carbocycles. The minimum absolute atomic E-state index is 0.101. The number of nitrogens with two attached hydrogens (primary N) is 1. The molecule has 1 aromatic rings. The van der Waals surface area contributed by atoms with Crippen molar-refractivity contribution in [2.45, 2.75) is 31.0 Å². The van der Waals surface area contributed by atoms with Crippen LogP contribution < -0.4 is 5.73 Å². The van der Waals surface area contributed by atoms with Crippen molar-refractivity contribution in [2.24, 2.45) is 0 Å². The average Bonchev–Trinajstić information content (AvgIpc) is 2.28. The van der Waals surface area contributed by atoms with E-state index in [-0.39, 0.29) is 11.8 Å². The predicted octanol–water partition coefficient (Wildman–Crippen LogP) is 2.29. The quantitative estimate of drug-likeness (QED) is 0.608. The number of hydrogen-bond donors (Lipinski definition) is 2. The van der Waals surface area contributed by atoms with Crippen LogP contribution in [0.1, 0.15) is 13.8 Å². The van der Waals surface area contributed by atoms with E-state index in [0.29, 0.717) is 12.4 Å². The Labute approximate surface area is 105 Å². The highest BCUT2D eigenvalue weighted by Gasteiger charge is 2.07. The fourth-order valence-corrected chi connectivity index (χ4v) is 1.97. The molecule has 5 heteroatoms. The standard InChI is InChI=1S/C12H18FNO2S/c1-8(2)16-6-9(15)7-17-10-3-4-12(14)11(13)5-10/h3-5,8-9,15H,6-7,14H2,1-2H3. The lowest BCUT2D eigenvalue weighted by Crippen LogP contribution is -2.20. The van der Waals surface area contributed by atoms with Crippen molar-refractivity contribution in [1.82, 2.24) is 0 Å². The van der Waals surface area contributed by atoms with Gasteiger partial charge in [0, 0.05) is 10.6 Å². The van der Waals surface area contributed by atoms with E-state index >= 15 is 0 Å². The molecule has 3 nitrogen and oxygen atoms in total. The third-order valence-corrected chi connectivity index (χ3v) is 3.17. The van der Waals surface area contributed by atoms with Gasteiger partial charge in [0.15, 0.2) is 0 Å². The number of rotatable bonds is 6. The largest absolute Gasteiger partial charge is 0.396 e. The molecule has 1 rings (SSSR count). The SMILES string of the molecule is CC(C)OCC(O)CSc1ccc(N)c(F)c1. The van der Waals surface area contributed by atoms with Gasteiger partial charge in [0.25, 0.3) is 0 Å². The van der Waals surface area contributed by atoms with Crippen LogP contribution in [-0.4, -0.2) is 29.7 Å². The zero-order valence-electron chi connectivity index (χ0n) is 10.0. The van der Waals surface area contributed by atoms with Gasteiger partial charge in [-0.2, -0.15) is 0 Å².